The van der Waals surface area contributed by atoms with Crippen LogP contribution >= 0.6 is 11.6 Å². The first-order chi connectivity index (χ1) is 10.2. The minimum absolute atomic E-state index is 0.318. The predicted octanol–water partition coefficient (Wildman–Crippen LogP) is 3.31. The van der Waals surface area contributed by atoms with Gasteiger partial charge in [-0.1, -0.05) is 17.7 Å². The lowest BCUT2D eigenvalue weighted by Gasteiger charge is -2.24. The molecule has 1 aromatic rings. The third-order valence-electron chi connectivity index (χ3n) is 2.87. The van der Waals surface area contributed by atoms with Crippen molar-refractivity contribution in [2.75, 3.05) is 27.2 Å². The van der Waals surface area contributed by atoms with E-state index >= 15 is 0 Å². The van der Waals surface area contributed by atoms with Gasteiger partial charge in [-0.15, -0.1) is 0 Å². The first kappa shape index (κ1) is 18.6. The number of amides is 1. The van der Waals surface area contributed by atoms with Crippen molar-refractivity contribution in [3.63, 3.8) is 0 Å². The summed E-state index contributed by atoms with van der Waals surface area (Å²) in [5, 5.41) is 3.86. The average Bonchev–Trinajstić information content (AvgIpc) is 2.41. The second-order valence-corrected chi connectivity index (χ2v) is 6.45. The molecule has 0 fully saturated rings. The van der Waals surface area contributed by atoms with E-state index in [4.69, 9.17) is 21.1 Å². The number of halogens is 1. The number of nitrogens with one attached hydrogen (secondary N) is 1. The molecule has 0 aromatic heterocycles. The summed E-state index contributed by atoms with van der Waals surface area (Å²) >= 11 is 6.07. The molecule has 0 heterocycles. The van der Waals surface area contributed by atoms with Crippen LogP contribution in [0.25, 0.3) is 0 Å². The molecule has 22 heavy (non-hydrogen) atoms. The number of carbonyl (C=O) groups excluding carboxylic acids is 1. The Morgan fingerprint density at radius 3 is 2.59 bits per heavy atom. The summed E-state index contributed by atoms with van der Waals surface area (Å²) < 4.78 is 10.4. The zero-order valence-electron chi connectivity index (χ0n) is 13.9. The maximum Gasteiger partial charge on any atom is 0.410 e. The Morgan fingerprint density at radius 1 is 1.36 bits per heavy atom. The van der Waals surface area contributed by atoms with Gasteiger partial charge in [0.25, 0.3) is 0 Å². The molecule has 0 unspecified atom stereocenters. The Balaban J connectivity index is 2.33. The molecule has 6 heteroatoms. The molecule has 0 radical (unpaired) electrons. The van der Waals surface area contributed by atoms with Gasteiger partial charge in [0.05, 0.1) is 12.1 Å². The maximum atomic E-state index is 11.8. The van der Waals surface area contributed by atoms with Crippen LogP contribution in [0.2, 0.25) is 5.02 Å². The third kappa shape index (κ3) is 6.54. The molecule has 0 spiro atoms. The molecule has 0 aliphatic carbocycles. The fraction of sp³-hybridized carbons (Fsp3) is 0.562. The largest absolute Gasteiger partial charge is 0.495 e. The van der Waals surface area contributed by atoms with Crippen LogP contribution in [0.1, 0.15) is 26.3 Å². The third-order valence-corrected chi connectivity index (χ3v) is 3.17. The number of nitrogens with zero attached hydrogens (tertiary/aromatic N) is 1. The Hall–Kier alpha value is -1.46. The van der Waals surface area contributed by atoms with Crippen molar-refractivity contribution in [2.45, 2.75) is 32.9 Å². The van der Waals surface area contributed by atoms with Gasteiger partial charge in [-0.2, -0.15) is 0 Å². The second-order valence-electron chi connectivity index (χ2n) is 6.05. The molecule has 0 atom stereocenters. The molecule has 1 rings (SSSR count). The van der Waals surface area contributed by atoms with Crippen LogP contribution in [0, 0.1) is 0 Å². The molecule has 1 N–H and O–H groups in total. The second kappa shape index (κ2) is 8.25. The quantitative estimate of drug-likeness (QED) is 0.814. The van der Waals surface area contributed by atoms with Crippen molar-refractivity contribution >= 4 is 17.7 Å². The first-order valence-corrected chi connectivity index (χ1v) is 7.58. The Kier molecular flexibility index (Phi) is 6.97. The molecular weight excluding hydrogens is 304 g/mol. The lowest BCUT2D eigenvalue weighted by Crippen LogP contribution is -2.37. The zero-order chi connectivity index (χ0) is 16.8. The lowest BCUT2D eigenvalue weighted by atomic mass is 10.2. The molecule has 0 saturated heterocycles. The molecule has 0 saturated carbocycles. The smallest absolute Gasteiger partial charge is 0.410 e. The normalized spacial score (nSPS) is 11.2. The van der Waals surface area contributed by atoms with E-state index in [1.165, 1.54) is 0 Å². The van der Waals surface area contributed by atoms with Crippen LogP contribution in [0.15, 0.2) is 18.2 Å². The highest BCUT2D eigenvalue weighted by Gasteiger charge is 2.18. The Morgan fingerprint density at radius 2 is 2.05 bits per heavy atom. The van der Waals surface area contributed by atoms with E-state index in [0.717, 1.165) is 5.56 Å². The molecule has 5 nitrogen and oxygen atoms in total. The highest BCUT2D eigenvalue weighted by molar-refractivity contribution is 6.32. The highest BCUT2D eigenvalue weighted by Crippen LogP contribution is 2.24. The zero-order valence-corrected chi connectivity index (χ0v) is 14.7. The van der Waals surface area contributed by atoms with E-state index in [1.807, 2.05) is 39.0 Å². The van der Waals surface area contributed by atoms with Gasteiger partial charge in [0, 0.05) is 26.7 Å². The van der Waals surface area contributed by atoms with Crippen molar-refractivity contribution in [3.05, 3.63) is 28.8 Å². The highest BCUT2D eigenvalue weighted by atomic mass is 35.5. The van der Waals surface area contributed by atoms with Gasteiger partial charge in [0.15, 0.2) is 0 Å². The van der Waals surface area contributed by atoms with Crippen LogP contribution < -0.4 is 10.1 Å². The van der Waals surface area contributed by atoms with Crippen LogP contribution in [0.5, 0.6) is 5.75 Å². The van der Waals surface area contributed by atoms with Crippen LogP contribution in [0.4, 0.5) is 4.79 Å². The number of hydrogen-bond donors (Lipinski definition) is 1. The summed E-state index contributed by atoms with van der Waals surface area (Å²) in [6.07, 6.45) is -0.318. The summed E-state index contributed by atoms with van der Waals surface area (Å²) in [6.45, 7) is 7.46. The number of rotatable bonds is 6. The van der Waals surface area contributed by atoms with Crippen LogP contribution in [-0.4, -0.2) is 43.8 Å². The standard InChI is InChI=1S/C16H25ClN2O3/c1-16(2,3)22-15(20)19(4)9-8-18-11-12-6-7-14(21-5)13(17)10-12/h6-7,10,18H,8-9,11H2,1-5H3. The summed E-state index contributed by atoms with van der Waals surface area (Å²) in [7, 11) is 3.31. The monoisotopic (exact) mass is 328 g/mol. The number of methoxy groups -OCH3 is 1. The molecule has 0 aliphatic rings. The van der Waals surface area contributed by atoms with Crippen molar-refractivity contribution < 1.29 is 14.3 Å². The van der Waals surface area contributed by atoms with Gasteiger partial charge >= 0.3 is 6.09 Å². The molecule has 1 amide bonds. The van der Waals surface area contributed by atoms with E-state index in [1.54, 1.807) is 19.1 Å². The SMILES string of the molecule is COc1ccc(CNCCN(C)C(=O)OC(C)(C)C)cc1Cl. The van der Waals surface area contributed by atoms with Gasteiger partial charge in [0.1, 0.15) is 11.4 Å². The summed E-state index contributed by atoms with van der Waals surface area (Å²) in [5.74, 6) is 0.662. The number of hydrogen-bond acceptors (Lipinski definition) is 4. The number of ether oxygens (including phenoxy) is 2. The average molecular weight is 329 g/mol. The van der Waals surface area contributed by atoms with E-state index < -0.39 is 5.60 Å². The van der Waals surface area contributed by atoms with Gasteiger partial charge in [-0.3, -0.25) is 0 Å². The maximum absolute atomic E-state index is 11.8. The van der Waals surface area contributed by atoms with Crippen LogP contribution in [-0.2, 0) is 11.3 Å². The Labute approximate surface area is 137 Å². The van der Waals surface area contributed by atoms with Gasteiger partial charge in [0.2, 0.25) is 0 Å². The minimum atomic E-state index is -0.474. The fourth-order valence-corrected chi connectivity index (χ4v) is 2.01. The number of carbonyl (C=O) groups is 1. The number of likely N-dealkylation sites (N-methyl/N-ethyl adjacent to an activating group) is 1. The van der Waals surface area contributed by atoms with Crippen LogP contribution in [0.3, 0.4) is 0 Å². The van der Waals surface area contributed by atoms with Crippen molar-refractivity contribution in [3.8, 4) is 5.75 Å². The van der Waals surface area contributed by atoms with Gasteiger partial charge in [-0.25, -0.2) is 4.79 Å². The van der Waals surface area contributed by atoms with Crippen molar-refractivity contribution in [1.29, 1.82) is 0 Å². The predicted molar refractivity (Wildman–Crippen MR) is 88.6 cm³/mol. The fourth-order valence-electron chi connectivity index (χ4n) is 1.73. The summed E-state index contributed by atoms with van der Waals surface area (Å²) in [5.41, 5.74) is 0.587. The number of benzene rings is 1. The lowest BCUT2D eigenvalue weighted by molar-refractivity contribution is 0.0300. The molecule has 0 aliphatic heterocycles. The molecular formula is C16H25ClN2O3. The van der Waals surface area contributed by atoms with Gasteiger partial charge < -0.3 is 19.7 Å². The van der Waals surface area contributed by atoms with E-state index in [9.17, 15) is 4.79 Å². The first-order valence-electron chi connectivity index (χ1n) is 7.20. The van der Waals surface area contributed by atoms with Crippen molar-refractivity contribution in [2.24, 2.45) is 0 Å². The van der Waals surface area contributed by atoms with E-state index in [-0.39, 0.29) is 6.09 Å². The molecule has 1 aromatic carbocycles. The molecule has 124 valence electrons. The van der Waals surface area contributed by atoms with Crippen molar-refractivity contribution in [1.82, 2.24) is 10.2 Å². The minimum Gasteiger partial charge on any atom is -0.495 e. The summed E-state index contributed by atoms with van der Waals surface area (Å²) in [6, 6.07) is 5.66. The topological polar surface area (TPSA) is 50.8 Å². The Bertz CT molecular complexity index is 501. The summed E-state index contributed by atoms with van der Waals surface area (Å²) in [4.78, 5) is 13.3. The van der Waals surface area contributed by atoms with E-state index in [2.05, 4.69) is 5.32 Å². The molecule has 0 bridgehead atoms. The van der Waals surface area contributed by atoms with E-state index in [0.29, 0.717) is 30.4 Å². The van der Waals surface area contributed by atoms with Gasteiger partial charge in [-0.05, 0) is 38.5 Å².